The van der Waals surface area contributed by atoms with Crippen molar-refractivity contribution >= 4 is 33.1 Å². The number of unbranched alkanes of at least 4 members (excludes halogenated alkanes) is 30. The molecule has 0 aliphatic heterocycles. The molecule has 0 aliphatic rings. The van der Waals surface area contributed by atoms with Crippen molar-refractivity contribution in [3.63, 3.8) is 0 Å². The Hall–Kier alpha value is -0.261. The second-order valence-electron chi connectivity index (χ2n) is 13.3. The first kappa shape index (κ1) is 49.1. The molecule has 45 heavy (non-hydrogen) atoms. The van der Waals surface area contributed by atoms with Crippen LogP contribution >= 0.6 is 0 Å². The molecule has 0 rings (SSSR count). The van der Waals surface area contributed by atoms with Crippen molar-refractivity contribution in [3.05, 3.63) is 0 Å². The minimum absolute atomic E-state index is 0.00985. The van der Waals surface area contributed by atoms with Gasteiger partial charge in [-0.05, 0) is 13.8 Å². The number of hydrogen-bond donors (Lipinski definition) is 0. The summed E-state index contributed by atoms with van der Waals surface area (Å²) in [5.74, 6) is -2.17. The maximum absolute atomic E-state index is 8.89. The van der Waals surface area contributed by atoms with Gasteiger partial charge in [0.15, 0.2) is 0 Å². The van der Waals surface area contributed by atoms with Crippen molar-refractivity contribution in [2.24, 2.45) is 0 Å². The van der Waals surface area contributed by atoms with E-state index in [1.165, 1.54) is 193 Å². The normalized spacial score (nSPS) is 10.4. The third kappa shape index (κ3) is 66.9. The van der Waals surface area contributed by atoms with Crippen molar-refractivity contribution < 1.29 is 19.8 Å². The van der Waals surface area contributed by atoms with Gasteiger partial charge < -0.3 is 19.8 Å². The van der Waals surface area contributed by atoms with Crippen molar-refractivity contribution in [2.75, 3.05) is 0 Å². The average Bonchev–Trinajstić information content (AvgIpc) is 2.99. The van der Waals surface area contributed by atoms with Gasteiger partial charge in [-0.15, -0.1) is 0 Å². The molecule has 0 heterocycles. The summed E-state index contributed by atoms with van der Waals surface area (Å²) in [6.45, 7) is 6.57. The Bertz CT molecular complexity index is 486. The molecule has 0 amide bonds. The number of carboxylic acids is 2. The summed E-state index contributed by atoms with van der Waals surface area (Å²) >= 11 is 0.00985. The van der Waals surface area contributed by atoms with E-state index in [0.29, 0.717) is 0 Å². The van der Waals surface area contributed by atoms with Crippen LogP contribution in [0.3, 0.4) is 0 Å². The van der Waals surface area contributed by atoms with Crippen LogP contribution in [0.2, 0.25) is 8.87 Å². The van der Waals surface area contributed by atoms with Crippen LogP contribution in [0.4, 0.5) is 0 Å². The molecule has 0 bridgehead atoms. The number of carboxylic acid groups (broad SMARTS) is 2. The van der Waals surface area contributed by atoms with Crippen LogP contribution in [-0.2, 0) is 9.59 Å². The molecule has 0 N–H and O–H groups in total. The Kier molecular flexibility index (Phi) is 52.6. The van der Waals surface area contributed by atoms with Crippen LogP contribution in [-0.4, -0.2) is 33.1 Å². The minimum atomic E-state index is -1.08. The summed E-state index contributed by atoms with van der Waals surface area (Å²) in [4.78, 5) is 17.8. The third-order valence-corrected chi connectivity index (χ3v) is 12.5. The number of hydrogen-bond acceptors (Lipinski definition) is 4. The molecule has 0 aromatic carbocycles. The van der Waals surface area contributed by atoms with E-state index in [2.05, 4.69) is 13.8 Å². The standard InChI is InChI=1S/2C18H37.2C2H4O2.Sn/c2*1-3-5-7-9-11-13-15-17-18-16-14-12-10-8-6-4-2;2*1-2(3)4;/h2*1,3-18H2,2H3;2*1H3,(H,3,4);/q;;;;+2/p-2. The minimum Gasteiger partial charge on any atom is -0.0654 e. The average molecular weight is 744 g/mol. The second-order valence-corrected chi connectivity index (χ2v) is 17.6. The fourth-order valence-electron chi connectivity index (χ4n) is 5.72. The molecule has 4 nitrogen and oxygen atoms in total. The van der Waals surface area contributed by atoms with Crippen LogP contribution in [0.25, 0.3) is 0 Å². The smallest absolute Gasteiger partial charge is 0.0654 e. The number of aliphatic carboxylic acids is 2. The van der Waals surface area contributed by atoms with Gasteiger partial charge in [0.05, 0.1) is 0 Å². The first-order chi connectivity index (χ1) is 21.9. The van der Waals surface area contributed by atoms with Gasteiger partial charge in [-0.2, -0.15) is 0 Å². The van der Waals surface area contributed by atoms with E-state index >= 15 is 0 Å². The van der Waals surface area contributed by atoms with Crippen molar-refractivity contribution in [1.82, 2.24) is 0 Å². The summed E-state index contributed by atoms with van der Waals surface area (Å²) in [6, 6.07) is 0. The molecule has 0 aromatic heterocycles. The predicted octanol–water partition coefficient (Wildman–Crippen LogP) is 11.6. The van der Waals surface area contributed by atoms with E-state index in [1.54, 1.807) is 21.7 Å². The summed E-state index contributed by atoms with van der Waals surface area (Å²) in [7, 11) is 0. The summed E-state index contributed by atoms with van der Waals surface area (Å²) < 4.78 is 3.33. The fraction of sp³-hybridized carbons (Fsp3) is 0.950. The molecule has 0 unspecified atom stereocenters. The van der Waals surface area contributed by atoms with Crippen LogP contribution in [0.1, 0.15) is 233 Å². The summed E-state index contributed by atoms with van der Waals surface area (Å²) in [5, 5.41) is 17.8. The van der Waals surface area contributed by atoms with Crippen molar-refractivity contribution in [3.8, 4) is 0 Å². The number of carbonyl (C=O) groups excluding carboxylic acids is 2. The van der Waals surface area contributed by atoms with Crippen molar-refractivity contribution in [1.29, 1.82) is 0 Å². The van der Waals surface area contributed by atoms with Crippen molar-refractivity contribution in [2.45, 2.75) is 242 Å². The van der Waals surface area contributed by atoms with Crippen LogP contribution in [0.15, 0.2) is 0 Å². The van der Waals surface area contributed by atoms with E-state index in [0.717, 1.165) is 13.8 Å². The van der Waals surface area contributed by atoms with E-state index < -0.39 is 11.9 Å². The van der Waals surface area contributed by atoms with E-state index in [4.69, 9.17) is 19.8 Å². The third-order valence-electron chi connectivity index (χ3n) is 8.41. The molecule has 0 aliphatic carbocycles. The fourth-order valence-corrected chi connectivity index (χ4v) is 9.29. The zero-order valence-electron chi connectivity index (χ0n) is 31.2. The van der Waals surface area contributed by atoms with Crippen LogP contribution in [0, 0.1) is 0 Å². The molecular weight excluding hydrogens is 663 g/mol. The molecular formula is C40H80O4Sn. The predicted molar refractivity (Wildman–Crippen MR) is 196 cm³/mol. The zero-order chi connectivity index (χ0) is 33.9. The molecule has 0 spiro atoms. The molecule has 0 aromatic rings. The Balaban J connectivity index is -0.00000195. The van der Waals surface area contributed by atoms with Gasteiger partial charge in [-0.3, -0.25) is 0 Å². The summed E-state index contributed by atoms with van der Waals surface area (Å²) in [6.07, 6.45) is 47.9. The van der Waals surface area contributed by atoms with E-state index in [9.17, 15) is 0 Å². The molecule has 0 fully saturated rings. The number of carbonyl (C=O) groups is 2. The first-order valence-corrected chi connectivity index (χ1v) is 24.0. The van der Waals surface area contributed by atoms with E-state index in [-0.39, 0.29) is 21.1 Å². The first-order valence-electron chi connectivity index (χ1n) is 19.9. The van der Waals surface area contributed by atoms with Gasteiger partial charge >= 0.3 is 171 Å². The monoisotopic (exact) mass is 745 g/mol. The number of rotatable bonds is 34. The van der Waals surface area contributed by atoms with Gasteiger partial charge in [0.2, 0.25) is 0 Å². The Morgan fingerprint density at radius 2 is 0.467 bits per heavy atom. The van der Waals surface area contributed by atoms with Gasteiger partial charge in [0.25, 0.3) is 0 Å². The Morgan fingerprint density at radius 3 is 0.622 bits per heavy atom. The second kappa shape index (κ2) is 48.1. The molecule has 0 radical (unpaired) electrons. The molecule has 0 saturated carbocycles. The summed E-state index contributed by atoms with van der Waals surface area (Å²) in [5.41, 5.74) is 0. The topological polar surface area (TPSA) is 80.3 Å². The van der Waals surface area contributed by atoms with Crippen LogP contribution < -0.4 is 10.2 Å². The molecule has 5 heteroatoms. The molecule has 0 atom stereocenters. The van der Waals surface area contributed by atoms with Crippen LogP contribution in [0.5, 0.6) is 0 Å². The van der Waals surface area contributed by atoms with Gasteiger partial charge in [-0.1, -0.05) is 78.1 Å². The Morgan fingerprint density at radius 1 is 0.333 bits per heavy atom. The van der Waals surface area contributed by atoms with Gasteiger partial charge in [0.1, 0.15) is 0 Å². The maximum atomic E-state index is 8.89. The quantitative estimate of drug-likeness (QED) is 0.0485. The molecule has 268 valence electrons. The molecule has 0 saturated heterocycles. The Labute approximate surface area is 293 Å². The van der Waals surface area contributed by atoms with E-state index in [1.807, 2.05) is 0 Å². The van der Waals surface area contributed by atoms with Gasteiger partial charge in [-0.25, -0.2) is 0 Å². The SMILES string of the molecule is CC(=O)[O-].CC(=O)[O-].CCCCCCCCCCCCCCCCC[CH2][Sn+2][CH2]CCCCCCCCCCCCCCCCC. The zero-order valence-corrected chi connectivity index (χ0v) is 34.0. The van der Waals surface area contributed by atoms with Gasteiger partial charge in [0, 0.05) is 11.9 Å².